The number of benzene rings is 1. The summed E-state index contributed by atoms with van der Waals surface area (Å²) in [4.78, 5) is 20.1. The predicted molar refractivity (Wildman–Crippen MR) is 93.3 cm³/mol. The van der Waals surface area contributed by atoms with Gasteiger partial charge in [0.05, 0.1) is 6.04 Å². The van der Waals surface area contributed by atoms with E-state index in [4.69, 9.17) is 5.73 Å². The average molecular weight is 314 g/mol. The number of carbonyl (C=O) groups is 1. The lowest BCUT2D eigenvalue weighted by Gasteiger charge is -2.37. The first-order chi connectivity index (χ1) is 11.1. The van der Waals surface area contributed by atoms with Crippen LogP contribution in [0.3, 0.4) is 0 Å². The fourth-order valence-electron chi connectivity index (χ4n) is 3.44. The molecule has 1 aromatic heterocycles. The minimum absolute atomic E-state index is 0.0711. The first kappa shape index (κ1) is 16.0. The zero-order valence-electron chi connectivity index (χ0n) is 14.0. The van der Waals surface area contributed by atoms with Crippen LogP contribution in [-0.4, -0.2) is 60.0 Å². The van der Waals surface area contributed by atoms with Gasteiger partial charge < -0.3 is 20.5 Å². The number of nitrogens with one attached hydrogen (secondary N) is 1. The van der Waals surface area contributed by atoms with Crippen LogP contribution in [0.2, 0.25) is 0 Å². The van der Waals surface area contributed by atoms with Crippen LogP contribution in [0.4, 0.5) is 0 Å². The van der Waals surface area contributed by atoms with Gasteiger partial charge in [0.15, 0.2) is 0 Å². The number of fused-ring (bicyclic) bond motifs is 1. The van der Waals surface area contributed by atoms with Gasteiger partial charge in [-0.25, -0.2) is 0 Å². The van der Waals surface area contributed by atoms with E-state index in [1.165, 1.54) is 0 Å². The largest absolute Gasteiger partial charge is 0.361 e. The van der Waals surface area contributed by atoms with Crippen LogP contribution in [0.15, 0.2) is 30.5 Å². The van der Waals surface area contributed by atoms with E-state index >= 15 is 0 Å². The summed E-state index contributed by atoms with van der Waals surface area (Å²) in [6.45, 7) is 1.61. The molecule has 23 heavy (non-hydrogen) atoms. The monoisotopic (exact) mass is 314 g/mol. The van der Waals surface area contributed by atoms with Crippen molar-refractivity contribution in [1.29, 1.82) is 0 Å². The summed E-state index contributed by atoms with van der Waals surface area (Å²) >= 11 is 0. The van der Waals surface area contributed by atoms with Crippen LogP contribution >= 0.6 is 0 Å². The number of rotatable bonds is 4. The lowest BCUT2D eigenvalue weighted by atomic mass is 10.0. The number of H-pyrrole nitrogens is 1. The maximum Gasteiger partial charge on any atom is 0.239 e. The standard InChI is InChI=1S/C18H26N4O/c1-21(2)14-6-5-9-22(12-14)18(23)16(19)10-13-11-20-17-8-4-3-7-15(13)17/h3-4,7-8,11,14,16,20H,5-6,9-10,12,19H2,1-2H3/t14?,16-/m0/s1. The van der Waals surface area contributed by atoms with Crippen molar-refractivity contribution in [1.82, 2.24) is 14.8 Å². The number of amides is 1. The maximum atomic E-state index is 12.7. The predicted octanol–water partition coefficient (Wildman–Crippen LogP) is 1.59. The number of para-hydroxylation sites is 1. The third-order valence-electron chi connectivity index (χ3n) is 4.87. The normalized spacial score (nSPS) is 20.2. The Kier molecular flexibility index (Phi) is 4.68. The Morgan fingerprint density at radius 1 is 1.43 bits per heavy atom. The fourth-order valence-corrected chi connectivity index (χ4v) is 3.44. The highest BCUT2D eigenvalue weighted by Gasteiger charge is 2.28. The molecule has 2 aromatic rings. The minimum atomic E-state index is -0.477. The molecule has 1 unspecified atom stereocenters. The Balaban J connectivity index is 1.68. The SMILES string of the molecule is CN(C)C1CCCN(C(=O)[C@@H](N)Cc2c[nH]c3ccccc23)C1. The van der Waals surface area contributed by atoms with E-state index in [1.54, 1.807) is 0 Å². The number of aromatic amines is 1. The number of likely N-dealkylation sites (N-methyl/N-ethyl adjacent to an activating group) is 1. The average Bonchev–Trinajstić information content (AvgIpc) is 2.97. The van der Waals surface area contributed by atoms with Gasteiger partial charge in [0.2, 0.25) is 5.91 Å². The first-order valence-corrected chi connectivity index (χ1v) is 8.32. The Bertz CT molecular complexity index is 678. The number of nitrogens with two attached hydrogens (primary N) is 1. The highest BCUT2D eigenvalue weighted by atomic mass is 16.2. The molecule has 0 saturated carbocycles. The van der Waals surface area contributed by atoms with Crippen molar-refractivity contribution in [3.05, 3.63) is 36.0 Å². The molecule has 1 aromatic carbocycles. The highest BCUT2D eigenvalue weighted by molar-refractivity contribution is 5.86. The number of nitrogens with zero attached hydrogens (tertiary/aromatic N) is 2. The van der Waals surface area contributed by atoms with Gasteiger partial charge in [-0.3, -0.25) is 4.79 Å². The molecule has 2 atom stereocenters. The molecule has 1 aliphatic rings. The molecule has 0 bridgehead atoms. The highest BCUT2D eigenvalue weighted by Crippen LogP contribution is 2.20. The van der Waals surface area contributed by atoms with Gasteiger partial charge >= 0.3 is 0 Å². The summed E-state index contributed by atoms with van der Waals surface area (Å²) in [5, 5.41) is 1.15. The topological polar surface area (TPSA) is 65.4 Å². The van der Waals surface area contributed by atoms with Gasteiger partial charge in [-0.05, 0) is 45.0 Å². The number of aromatic nitrogens is 1. The van der Waals surface area contributed by atoms with Gasteiger partial charge in [0.1, 0.15) is 0 Å². The number of carbonyl (C=O) groups excluding carboxylic acids is 1. The molecule has 2 heterocycles. The molecular formula is C18H26N4O. The molecule has 5 nitrogen and oxygen atoms in total. The molecule has 3 rings (SSSR count). The quantitative estimate of drug-likeness (QED) is 0.901. The Morgan fingerprint density at radius 2 is 2.22 bits per heavy atom. The lowest BCUT2D eigenvalue weighted by molar-refractivity contribution is -0.134. The van der Waals surface area contributed by atoms with Crippen molar-refractivity contribution in [2.24, 2.45) is 5.73 Å². The van der Waals surface area contributed by atoms with E-state index in [2.05, 4.69) is 30.0 Å². The van der Waals surface area contributed by atoms with E-state index in [0.717, 1.165) is 42.4 Å². The third kappa shape index (κ3) is 3.41. The number of piperidine rings is 1. The van der Waals surface area contributed by atoms with E-state index in [0.29, 0.717) is 12.5 Å². The summed E-state index contributed by atoms with van der Waals surface area (Å²) in [5.74, 6) is 0.0711. The molecule has 1 aliphatic heterocycles. The van der Waals surface area contributed by atoms with Crippen LogP contribution in [0.5, 0.6) is 0 Å². The molecular weight excluding hydrogens is 288 g/mol. The number of hydrogen-bond acceptors (Lipinski definition) is 3. The van der Waals surface area contributed by atoms with Crippen molar-refractivity contribution >= 4 is 16.8 Å². The van der Waals surface area contributed by atoms with Gasteiger partial charge in [0, 0.05) is 36.2 Å². The van der Waals surface area contributed by atoms with Crippen molar-refractivity contribution < 1.29 is 4.79 Å². The molecule has 1 saturated heterocycles. The fraction of sp³-hybridized carbons (Fsp3) is 0.500. The van der Waals surface area contributed by atoms with Gasteiger partial charge in [-0.2, -0.15) is 0 Å². The van der Waals surface area contributed by atoms with Crippen molar-refractivity contribution in [2.75, 3.05) is 27.2 Å². The Morgan fingerprint density at radius 3 is 3.00 bits per heavy atom. The second-order valence-electron chi connectivity index (χ2n) is 6.71. The summed E-state index contributed by atoms with van der Waals surface area (Å²) < 4.78 is 0. The zero-order valence-corrected chi connectivity index (χ0v) is 14.0. The van der Waals surface area contributed by atoms with Crippen LogP contribution in [0, 0.1) is 0 Å². The molecule has 0 spiro atoms. The lowest BCUT2D eigenvalue weighted by Crippen LogP contribution is -2.52. The van der Waals surface area contributed by atoms with Crippen LogP contribution < -0.4 is 5.73 Å². The second-order valence-corrected chi connectivity index (χ2v) is 6.71. The van der Waals surface area contributed by atoms with Gasteiger partial charge in [0.25, 0.3) is 0 Å². The van der Waals surface area contributed by atoms with Crippen LogP contribution in [0.25, 0.3) is 10.9 Å². The Hall–Kier alpha value is -1.85. The van der Waals surface area contributed by atoms with E-state index < -0.39 is 6.04 Å². The number of likely N-dealkylation sites (tertiary alicyclic amines) is 1. The molecule has 1 amide bonds. The maximum absolute atomic E-state index is 12.7. The third-order valence-corrected chi connectivity index (χ3v) is 4.87. The van der Waals surface area contributed by atoms with Gasteiger partial charge in [-0.15, -0.1) is 0 Å². The summed E-state index contributed by atoms with van der Waals surface area (Å²) in [6.07, 6.45) is 4.74. The first-order valence-electron chi connectivity index (χ1n) is 8.32. The van der Waals surface area contributed by atoms with E-state index in [1.807, 2.05) is 29.3 Å². The summed E-state index contributed by atoms with van der Waals surface area (Å²) in [7, 11) is 4.15. The van der Waals surface area contributed by atoms with Crippen molar-refractivity contribution in [3.63, 3.8) is 0 Å². The van der Waals surface area contributed by atoms with Crippen molar-refractivity contribution in [3.8, 4) is 0 Å². The van der Waals surface area contributed by atoms with Gasteiger partial charge in [-0.1, -0.05) is 18.2 Å². The smallest absolute Gasteiger partial charge is 0.239 e. The summed E-state index contributed by atoms with van der Waals surface area (Å²) in [5.41, 5.74) is 8.44. The summed E-state index contributed by atoms with van der Waals surface area (Å²) in [6, 6.07) is 8.09. The molecule has 0 radical (unpaired) electrons. The molecule has 3 N–H and O–H groups in total. The zero-order chi connectivity index (χ0) is 16.4. The molecule has 1 fully saturated rings. The van der Waals surface area contributed by atoms with Crippen molar-refractivity contribution in [2.45, 2.75) is 31.3 Å². The van der Waals surface area contributed by atoms with E-state index in [9.17, 15) is 4.79 Å². The molecule has 124 valence electrons. The molecule has 0 aliphatic carbocycles. The Labute approximate surface area is 137 Å². The minimum Gasteiger partial charge on any atom is -0.361 e. The van der Waals surface area contributed by atoms with Crippen LogP contribution in [0.1, 0.15) is 18.4 Å². The number of hydrogen-bond donors (Lipinski definition) is 2. The van der Waals surface area contributed by atoms with Crippen LogP contribution in [-0.2, 0) is 11.2 Å². The molecule has 5 heteroatoms. The second kappa shape index (κ2) is 6.72. The van der Waals surface area contributed by atoms with E-state index in [-0.39, 0.29) is 5.91 Å².